The smallest absolute Gasteiger partial charge is 0.261 e. The summed E-state index contributed by atoms with van der Waals surface area (Å²) in [4.78, 5) is 28.8. The lowest BCUT2D eigenvalue weighted by Gasteiger charge is -2.31. The van der Waals surface area contributed by atoms with E-state index in [1.165, 1.54) is 5.56 Å². The van der Waals surface area contributed by atoms with Crippen molar-refractivity contribution in [2.75, 3.05) is 20.3 Å². The number of ether oxygens (including phenoxy) is 2. The largest absolute Gasteiger partial charge is 0.497 e. The van der Waals surface area contributed by atoms with Gasteiger partial charge in [0.25, 0.3) is 5.91 Å². The summed E-state index contributed by atoms with van der Waals surface area (Å²) < 4.78 is 11.2. The Morgan fingerprint density at radius 1 is 0.865 bits per heavy atom. The van der Waals surface area contributed by atoms with Crippen LogP contribution in [-0.2, 0) is 29.0 Å². The normalized spacial score (nSPS) is 11.6. The van der Waals surface area contributed by atoms with E-state index in [0.717, 1.165) is 17.5 Å². The van der Waals surface area contributed by atoms with Crippen molar-refractivity contribution >= 4 is 11.8 Å². The predicted molar refractivity (Wildman–Crippen MR) is 147 cm³/mol. The summed E-state index contributed by atoms with van der Waals surface area (Å²) in [6.07, 6.45) is 1.33. The second-order valence-electron chi connectivity index (χ2n) is 9.50. The first kappa shape index (κ1) is 27.8. The minimum Gasteiger partial charge on any atom is -0.497 e. The number of hydrogen-bond acceptors (Lipinski definition) is 4. The van der Waals surface area contributed by atoms with E-state index in [2.05, 4.69) is 12.2 Å². The second-order valence-corrected chi connectivity index (χ2v) is 9.50. The first-order chi connectivity index (χ1) is 17.9. The molecule has 37 heavy (non-hydrogen) atoms. The van der Waals surface area contributed by atoms with Crippen LogP contribution in [0.5, 0.6) is 11.5 Å². The lowest BCUT2D eigenvalue weighted by atomic mass is 10.0. The van der Waals surface area contributed by atoms with E-state index in [1.807, 2.05) is 92.7 Å². The Morgan fingerprint density at radius 3 is 2.22 bits per heavy atom. The molecule has 0 aliphatic carbocycles. The molecular weight excluding hydrogens is 464 g/mol. The Balaban J connectivity index is 1.89. The molecule has 1 atom stereocenters. The number of nitrogens with one attached hydrogen (secondary N) is 1. The third-order valence-corrected chi connectivity index (χ3v) is 6.14. The van der Waals surface area contributed by atoms with E-state index in [0.29, 0.717) is 30.4 Å². The van der Waals surface area contributed by atoms with E-state index >= 15 is 0 Å². The van der Waals surface area contributed by atoms with Gasteiger partial charge in [0.2, 0.25) is 5.91 Å². The number of carbonyl (C=O) groups excluding carboxylic acids is 2. The number of methoxy groups -OCH3 is 1. The zero-order valence-corrected chi connectivity index (χ0v) is 22.3. The van der Waals surface area contributed by atoms with Gasteiger partial charge >= 0.3 is 0 Å². The summed E-state index contributed by atoms with van der Waals surface area (Å²) in [6, 6.07) is 24.3. The summed E-state index contributed by atoms with van der Waals surface area (Å²) in [7, 11) is 1.61. The Labute approximate surface area is 220 Å². The van der Waals surface area contributed by atoms with Crippen LogP contribution in [0.25, 0.3) is 0 Å². The maximum atomic E-state index is 13.7. The molecule has 0 radical (unpaired) electrons. The quantitative estimate of drug-likeness (QED) is 0.355. The fraction of sp³-hybridized carbons (Fsp3) is 0.355. The van der Waals surface area contributed by atoms with Gasteiger partial charge < -0.3 is 19.7 Å². The third kappa shape index (κ3) is 8.67. The van der Waals surface area contributed by atoms with Crippen molar-refractivity contribution in [1.29, 1.82) is 0 Å². The molecule has 0 unspecified atom stereocenters. The van der Waals surface area contributed by atoms with Gasteiger partial charge in [-0.3, -0.25) is 9.59 Å². The van der Waals surface area contributed by atoms with E-state index in [9.17, 15) is 9.59 Å². The molecule has 0 saturated carbocycles. The topological polar surface area (TPSA) is 67.9 Å². The number of amides is 2. The van der Waals surface area contributed by atoms with E-state index in [-0.39, 0.29) is 25.0 Å². The molecule has 0 aliphatic rings. The Hall–Kier alpha value is -3.80. The number of benzene rings is 3. The highest BCUT2D eigenvalue weighted by Gasteiger charge is 2.30. The molecule has 2 amide bonds. The fourth-order valence-electron chi connectivity index (χ4n) is 3.99. The van der Waals surface area contributed by atoms with Crippen molar-refractivity contribution in [3.8, 4) is 11.5 Å². The molecule has 0 fully saturated rings. The predicted octanol–water partition coefficient (Wildman–Crippen LogP) is 5.05. The van der Waals surface area contributed by atoms with Crippen molar-refractivity contribution < 1.29 is 19.1 Å². The molecule has 0 saturated heterocycles. The number of aryl methyl sites for hydroxylation is 1. The van der Waals surface area contributed by atoms with Gasteiger partial charge in [0.1, 0.15) is 17.5 Å². The first-order valence-corrected chi connectivity index (χ1v) is 12.8. The van der Waals surface area contributed by atoms with Crippen molar-refractivity contribution in [2.24, 2.45) is 5.92 Å². The Bertz CT molecular complexity index is 1130. The minimum absolute atomic E-state index is 0.168. The highest BCUT2D eigenvalue weighted by molar-refractivity contribution is 5.88. The van der Waals surface area contributed by atoms with E-state index in [4.69, 9.17) is 9.47 Å². The van der Waals surface area contributed by atoms with Gasteiger partial charge in [-0.1, -0.05) is 75.4 Å². The van der Waals surface area contributed by atoms with Crippen molar-refractivity contribution in [2.45, 2.75) is 46.2 Å². The van der Waals surface area contributed by atoms with Crippen LogP contribution in [0.15, 0.2) is 78.9 Å². The molecular formula is C31H38N2O4. The third-order valence-electron chi connectivity index (χ3n) is 6.14. The SMILES string of the molecule is CCc1ccc(OCC(=O)N(Cc2cccc(OC)c2)[C@H](Cc2ccccc2)C(=O)NCC(C)C)cc1. The van der Waals surface area contributed by atoms with Crippen molar-refractivity contribution in [3.63, 3.8) is 0 Å². The molecule has 0 spiro atoms. The van der Waals surface area contributed by atoms with Gasteiger partial charge in [0.05, 0.1) is 7.11 Å². The lowest BCUT2D eigenvalue weighted by molar-refractivity contribution is -0.142. The monoisotopic (exact) mass is 502 g/mol. The molecule has 3 rings (SSSR count). The molecule has 0 bridgehead atoms. The van der Waals surface area contributed by atoms with Crippen molar-refractivity contribution in [1.82, 2.24) is 10.2 Å². The molecule has 3 aromatic carbocycles. The highest BCUT2D eigenvalue weighted by Crippen LogP contribution is 2.19. The lowest BCUT2D eigenvalue weighted by Crippen LogP contribution is -2.52. The summed E-state index contributed by atoms with van der Waals surface area (Å²) >= 11 is 0. The zero-order chi connectivity index (χ0) is 26.6. The standard InChI is InChI=1S/C31H38N2O4/c1-5-24-14-16-27(17-15-24)37-22-30(34)33(21-26-12-9-13-28(18-26)36-4)29(31(35)32-20-23(2)3)19-25-10-7-6-8-11-25/h6-18,23,29H,5,19-22H2,1-4H3,(H,32,35)/t29-/m1/s1. The van der Waals surface area contributed by atoms with Gasteiger partial charge in [-0.2, -0.15) is 0 Å². The van der Waals surface area contributed by atoms with Gasteiger partial charge in [-0.15, -0.1) is 0 Å². The molecule has 0 aromatic heterocycles. The summed E-state index contributed by atoms with van der Waals surface area (Å²) in [5.41, 5.74) is 3.05. The van der Waals surface area contributed by atoms with Crippen LogP contribution in [0.3, 0.4) is 0 Å². The van der Waals surface area contributed by atoms with Gasteiger partial charge in [-0.25, -0.2) is 0 Å². The first-order valence-electron chi connectivity index (χ1n) is 12.8. The Kier molecular flexibility index (Phi) is 10.6. The molecule has 0 aliphatic heterocycles. The van der Waals surface area contributed by atoms with Crippen LogP contribution >= 0.6 is 0 Å². The molecule has 3 aromatic rings. The summed E-state index contributed by atoms with van der Waals surface area (Å²) in [5, 5.41) is 3.03. The van der Waals surface area contributed by atoms with E-state index in [1.54, 1.807) is 12.0 Å². The summed E-state index contributed by atoms with van der Waals surface area (Å²) in [5.74, 6) is 1.17. The van der Waals surface area contributed by atoms with Gasteiger partial charge in [0, 0.05) is 19.5 Å². The van der Waals surface area contributed by atoms with Crippen LogP contribution in [0.4, 0.5) is 0 Å². The zero-order valence-electron chi connectivity index (χ0n) is 22.3. The van der Waals surface area contributed by atoms with E-state index < -0.39 is 6.04 Å². The molecule has 196 valence electrons. The van der Waals surface area contributed by atoms with Crippen LogP contribution in [-0.4, -0.2) is 43.0 Å². The number of carbonyl (C=O) groups is 2. The van der Waals surface area contributed by atoms with Gasteiger partial charge in [0.15, 0.2) is 6.61 Å². The van der Waals surface area contributed by atoms with Crippen LogP contribution < -0.4 is 14.8 Å². The molecule has 0 heterocycles. The maximum Gasteiger partial charge on any atom is 0.261 e. The Morgan fingerprint density at radius 2 is 1.57 bits per heavy atom. The molecule has 1 N–H and O–H groups in total. The highest BCUT2D eigenvalue weighted by atomic mass is 16.5. The van der Waals surface area contributed by atoms with Crippen LogP contribution in [0.1, 0.15) is 37.5 Å². The number of nitrogens with zero attached hydrogens (tertiary/aromatic N) is 1. The number of rotatable bonds is 13. The fourth-order valence-corrected chi connectivity index (χ4v) is 3.99. The van der Waals surface area contributed by atoms with Crippen LogP contribution in [0.2, 0.25) is 0 Å². The maximum absolute atomic E-state index is 13.7. The average Bonchev–Trinajstić information content (AvgIpc) is 2.93. The molecule has 6 heteroatoms. The average molecular weight is 503 g/mol. The van der Waals surface area contributed by atoms with Gasteiger partial charge in [-0.05, 0) is 53.3 Å². The second kappa shape index (κ2) is 14.1. The summed E-state index contributed by atoms with van der Waals surface area (Å²) in [6.45, 7) is 6.80. The van der Waals surface area contributed by atoms with Crippen molar-refractivity contribution in [3.05, 3.63) is 95.6 Å². The molecule has 6 nitrogen and oxygen atoms in total. The van der Waals surface area contributed by atoms with Crippen LogP contribution in [0, 0.1) is 5.92 Å². The minimum atomic E-state index is -0.703. The number of hydrogen-bond donors (Lipinski definition) is 1.